The molecule has 28 heavy (non-hydrogen) atoms. The van der Waals surface area contributed by atoms with Crippen molar-refractivity contribution in [2.75, 3.05) is 0 Å². The Bertz CT molecular complexity index is 965. The summed E-state index contributed by atoms with van der Waals surface area (Å²) < 4.78 is 17.4. The van der Waals surface area contributed by atoms with E-state index >= 15 is 4.39 Å². The third-order valence-corrected chi connectivity index (χ3v) is 5.97. The van der Waals surface area contributed by atoms with Crippen LogP contribution >= 0.6 is 0 Å². The number of aliphatic hydroxyl groups is 1. The van der Waals surface area contributed by atoms with Crippen LogP contribution in [0.2, 0.25) is 0 Å². The molecule has 0 atom stereocenters. The van der Waals surface area contributed by atoms with E-state index in [1.54, 1.807) is 4.68 Å². The molecule has 0 unspecified atom stereocenters. The zero-order valence-electron chi connectivity index (χ0n) is 16.7. The van der Waals surface area contributed by atoms with Crippen molar-refractivity contribution in [1.82, 2.24) is 9.78 Å². The number of nitrogens with zero attached hydrogens (tertiary/aromatic N) is 2. The molecule has 1 saturated carbocycles. The van der Waals surface area contributed by atoms with Crippen LogP contribution < -0.4 is 0 Å². The summed E-state index contributed by atoms with van der Waals surface area (Å²) in [4.78, 5) is 0. The lowest BCUT2D eigenvalue weighted by Gasteiger charge is -2.33. The Morgan fingerprint density at radius 1 is 0.964 bits per heavy atom. The quantitative estimate of drug-likeness (QED) is 0.635. The molecule has 3 nitrogen and oxygen atoms in total. The van der Waals surface area contributed by atoms with Crippen molar-refractivity contribution < 1.29 is 9.50 Å². The van der Waals surface area contributed by atoms with Gasteiger partial charge in [-0.1, -0.05) is 54.4 Å². The predicted molar refractivity (Wildman–Crippen MR) is 110 cm³/mol. The zero-order chi connectivity index (χ0) is 19.9. The Morgan fingerprint density at radius 2 is 1.50 bits per heavy atom. The highest BCUT2D eigenvalue weighted by atomic mass is 19.1. The van der Waals surface area contributed by atoms with E-state index in [9.17, 15) is 5.11 Å². The van der Waals surface area contributed by atoms with Crippen molar-refractivity contribution in [1.29, 1.82) is 0 Å². The molecule has 0 spiro atoms. The first kappa shape index (κ1) is 18.9. The highest BCUT2D eigenvalue weighted by Crippen LogP contribution is 2.42. The zero-order valence-corrected chi connectivity index (χ0v) is 16.7. The standard InChI is InChI=1S/C24H27FN2O/c1-16-4-8-19(9-5-16)22-21(25)23(24(28)14-12-18(3)13-15-24)26-27(22)20-10-6-17(2)7-11-20/h4-11,18,28H,12-15H2,1-3H3. The summed E-state index contributed by atoms with van der Waals surface area (Å²) in [5.41, 5.74) is 3.18. The molecule has 146 valence electrons. The average Bonchev–Trinajstić information content (AvgIpc) is 3.04. The van der Waals surface area contributed by atoms with Gasteiger partial charge in [-0.25, -0.2) is 9.07 Å². The molecule has 0 saturated heterocycles. The van der Waals surface area contributed by atoms with Gasteiger partial charge < -0.3 is 5.11 Å². The van der Waals surface area contributed by atoms with Gasteiger partial charge >= 0.3 is 0 Å². The number of aromatic nitrogens is 2. The minimum absolute atomic E-state index is 0.176. The van der Waals surface area contributed by atoms with Crippen LogP contribution in [0, 0.1) is 25.6 Å². The topological polar surface area (TPSA) is 38.1 Å². The van der Waals surface area contributed by atoms with Gasteiger partial charge in [0.2, 0.25) is 0 Å². The van der Waals surface area contributed by atoms with Gasteiger partial charge in [-0.2, -0.15) is 5.10 Å². The second-order valence-corrected chi connectivity index (χ2v) is 8.34. The molecule has 0 radical (unpaired) electrons. The van der Waals surface area contributed by atoms with Crippen LogP contribution in [0.5, 0.6) is 0 Å². The van der Waals surface area contributed by atoms with Crippen LogP contribution in [0.4, 0.5) is 4.39 Å². The number of hydrogen-bond acceptors (Lipinski definition) is 2. The van der Waals surface area contributed by atoms with E-state index in [1.165, 1.54) is 0 Å². The minimum Gasteiger partial charge on any atom is -0.383 e. The summed E-state index contributed by atoms with van der Waals surface area (Å²) in [6.45, 7) is 6.21. The Morgan fingerprint density at radius 3 is 2.07 bits per heavy atom. The second kappa shape index (κ2) is 7.17. The fourth-order valence-corrected chi connectivity index (χ4v) is 4.01. The van der Waals surface area contributed by atoms with E-state index in [4.69, 9.17) is 0 Å². The lowest BCUT2D eigenvalue weighted by molar-refractivity contribution is -0.0188. The molecule has 1 aliphatic rings. The van der Waals surface area contributed by atoms with Crippen molar-refractivity contribution in [3.63, 3.8) is 0 Å². The van der Waals surface area contributed by atoms with Crippen LogP contribution in [-0.4, -0.2) is 14.9 Å². The van der Waals surface area contributed by atoms with E-state index in [1.807, 2.05) is 62.4 Å². The minimum atomic E-state index is -1.20. The number of hydrogen-bond donors (Lipinski definition) is 1. The molecular formula is C24H27FN2O. The SMILES string of the molecule is Cc1ccc(-c2c(F)c(C3(O)CCC(C)CC3)nn2-c2ccc(C)cc2)cc1. The number of halogens is 1. The molecule has 0 amide bonds. The molecule has 1 N–H and O–H groups in total. The Kier molecular flexibility index (Phi) is 4.84. The Hall–Kier alpha value is -2.46. The van der Waals surface area contributed by atoms with Gasteiger partial charge in [0.15, 0.2) is 5.82 Å². The van der Waals surface area contributed by atoms with Crippen molar-refractivity contribution in [3.8, 4) is 16.9 Å². The molecule has 0 aliphatic heterocycles. The first-order chi connectivity index (χ1) is 13.4. The number of rotatable bonds is 3. The maximum Gasteiger partial charge on any atom is 0.175 e. The van der Waals surface area contributed by atoms with Crippen molar-refractivity contribution in [2.45, 2.75) is 52.1 Å². The van der Waals surface area contributed by atoms with Gasteiger partial charge in [0.1, 0.15) is 17.0 Å². The maximum absolute atomic E-state index is 15.7. The van der Waals surface area contributed by atoms with E-state index in [-0.39, 0.29) is 5.69 Å². The van der Waals surface area contributed by atoms with Gasteiger partial charge in [-0.05, 0) is 57.6 Å². The van der Waals surface area contributed by atoms with Gasteiger partial charge in [0.05, 0.1) is 5.69 Å². The first-order valence-corrected chi connectivity index (χ1v) is 10.0. The third kappa shape index (κ3) is 3.37. The average molecular weight is 378 g/mol. The summed E-state index contributed by atoms with van der Waals surface area (Å²) in [6.07, 6.45) is 2.85. The van der Waals surface area contributed by atoms with Crippen LogP contribution in [0.1, 0.15) is 49.4 Å². The van der Waals surface area contributed by atoms with Gasteiger partial charge in [-0.15, -0.1) is 0 Å². The maximum atomic E-state index is 15.7. The molecular weight excluding hydrogens is 351 g/mol. The smallest absolute Gasteiger partial charge is 0.175 e. The van der Waals surface area contributed by atoms with Crippen LogP contribution in [0.15, 0.2) is 48.5 Å². The third-order valence-electron chi connectivity index (χ3n) is 5.97. The van der Waals surface area contributed by atoms with E-state index in [0.717, 1.165) is 35.2 Å². The number of benzene rings is 2. The van der Waals surface area contributed by atoms with E-state index in [0.29, 0.717) is 24.5 Å². The molecule has 2 aromatic carbocycles. The Labute approximate surface area is 165 Å². The molecule has 1 fully saturated rings. The highest BCUT2D eigenvalue weighted by molar-refractivity contribution is 5.64. The lowest BCUT2D eigenvalue weighted by Crippen LogP contribution is -2.32. The lowest BCUT2D eigenvalue weighted by atomic mass is 9.77. The normalized spacial score (nSPS) is 22.4. The molecule has 4 rings (SSSR count). The molecule has 1 aliphatic carbocycles. The molecule has 0 bridgehead atoms. The molecule has 3 aromatic rings. The monoisotopic (exact) mass is 378 g/mol. The fourth-order valence-electron chi connectivity index (χ4n) is 4.01. The number of aryl methyl sites for hydroxylation is 2. The largest absolute Gasteiger partial charge is 0.383 e. The fraction of sp³-hybridized carbons (Fsp3) is 0.375. The molecule has 4 heteroatoms. The molecule has 1 heterocycles. The summed E-state index contributed by atoms with van der Waals surface area (Å²) in [6, 6.07) is 15.6. The van der Waals surface area contributed by atoms with Gasteiger partial charge in [-0.3, -0.25) is 0 Å². The summed E-state index contributed by atoms with van der Waals surface area (Å²) in [7, 11) is 0. The summed E-state index contributed by atoms with van der Waals surface area (Å²) >= 11 is 0. The predicted octanol–water partition coefficient (Wildman–Crippen LogP) is 5.69. The highest BCUT2D eigenvalue weighted by Gasteiger charge is 2.40. The summed E-state index contributed by atoms with van der Waals surface area (Å²) in [5, 5.41) is 15.9. The van der Waals surface area contributed by atoms with Gasteiger partial charge in [0.25, 0.3) is 0 Å². The van der Waals surface area contributed by atoms with Crippen LogP contribution in [0.3, 0.4) is 0 Å². The molecule has 1 aromatic heterocycles. The van der Waals surface area contributed by atoms with Crippen LogP contribution in [0.25, 0.3) is 16.9 Å². The first-order valence-electron chi connectivity index (χ1n) is 10.0. The van der Waals surface area contributed by atoms with Crippen molar-refractivity contribution in [2.24, 2.45) is 5.92 Å². The van der Waals surface area contributed by atoms with Crippen molar-refractivity contribution >= 4 is 0 Å². The summed E-state index contributed by atoms with van der Waals surface area (Å²) in [5.74, 6) is 0.139. The second-order valence-electron chi connectivity index (χ2n) is 8.34. The Balaban J connectivity index is 1.89. The van der Waals surface area contributed by atoms with Crippen LogP contribution in [-0.2, 0) is 5.60 Å². The van der Waals surface area contributed by atoms with Gasteiger partial charge in [0, 0.05) is 5.56 Å². The van der Waals surface area contributed by atoms with E-state index < -0.39 is 11.4 Å². The van der Waals surface area contributed by atoms with E-state index in [2.05, 4.69) is 12.0 Å². The van der Waals surface area contributed by atoms with Crippen molar-refractivity contribution in [3.05, 3.63) is 71.2 Å².